The van der Waals surface area contributed by atoms with Crippen molar-refractivity contribution in [3.05, 3.63) is 190 Å². The van der Waals surface area contributed by atoms with Crippen LogP contribution in [0, 0.1) is 47.4 Å². The molecule has 0 N–H and O–H groups in total. The molecule has 0 spiro atoms. The normalized spacial score (nSPS) is 9.14. The van der Waals surface area contributed by atoms with Gasteiger partial charge in [-0.05, 0) is 71.8 Å². The minimum Gasteiger partial charge on any atom is -0.0622 e. The first-order chi connectivity index (χ1) is 20.8. The summed E-state index contributed by atoms with van der Waals surface area (Å²) in [5, 5.41) is 0. The van der Waals surface area contributed by atoms with Gasteiger partial charge in [0, 0.05) is 22.3 Å². The zero-order valence-corrected chi connectivity index (χ0v) is 23.0. The molecule has 5 aromatic carbocycles. The maximum Gasteiger partial charge on any atom is 0.0757 e. The molecule has 0 amide bonds. The van der Waals surface area contributed by atoms with Crippen molar-refractivity contribution in [2.45, 2.75) is 0 Å². The van der Waals surface area contributed by atoms with E-state index in [1.165, 1.54) is 0 Å². The van der Waals surface area contributed by atoms with Crippen LogP contribution in [-0.4, -0.2) is 0 Å². The van der Waals surface area contributed by atoms with Crippen LogP contribution in [0.1, 0.15) is 33.4 Å². The fraction of sp³-hybridized carbons (Fsp3) is 0. The molecule has 0 aliphatic rings. The number of hydrogen-bond donors (Lipinski definition) is 0. The molecule has 0 atom stereocenters. The maximum atomic E-state index is 3.26. The number of benzene rings is 5. The topological polar surface area (TPSA) is 0 Å². The fourth-order valence-electron chi connectivity index (χ4n) is 3.87. The summed E-state index contributed by atoms with van der Waals surface area (Å²) in [5.41, 5.74) is 7.32. The lowest BCUT2D eigenvalue weighted by atomic mass is 10.1. The Morgan fingerprint density at radius 2 is 0.548 bits per heavy atom. The Kier molecular flexibility index (Phi) is 9.67. The van der Waals surface area contributed by atoms with Gasteiger partial charge < -0.3 is 0 Å². The van der Waals surface area contributed by atoms with Crippen molar-refractivity contribution in [2.24, 2.45) is 0 Å². The minimum atomic E-state index is 0.745. The highest BCUT2D eigenvalue weighted by Crippen LogP contribution is 2.13. The molecule has 0 fully saturated rings. The Morgan fingerprint density at radius 3 is 0.786 bits per heavy atom. The van der Waals surface area contributed by atoms with Crippen LogP contribution >= 0.6 is 0 Å². The van der Waals surface area contributed by atoms with Gasteiger partial charge in [-0.1, -0.05) is 144 Å². The maximum absolute atomic E-state index is 3.26. The van der Waals surface area contributed by atoms with Crippen LogP contribution in [0.25, 0.3) is 12.2 Å². The first-order valence-electron chi connectivity index (χ1n) is 13.6. The van der Waals surface area contributed by atoms with Gasteiger partial charge in [-0.2, -0.15) is 0 Å². The third-order valence-electron chi connectivity index (χ3n) is 6.02. The van der Waals surface area contributed by atoms with Gasteiger partial charge >= 0.3 is 0 Å². The van der Waals surface area contributed by atoms with E-state index in [2.05, 4.69) is 71.6 Å². The van der Waals surface area contributed by atoms with Crippen LogP contribution in [0.5, 0.6) is 0 Å². The average molecular weight is 531 g/mol. The summed E-state index contributed by atoms with van der Waals surface area (Å²) in [6.45, 7) is 0. The van der Waals surface area contributed by atoms with Crippen molar-refractivity contribution in [3.8, 4) is 47.4 Å². The van der Waals surface area contributed by atoms with E-state index < -0.39 is 0 Å². The number of allylic oxidation sites excluding steroid dienone is 2. The molecule has 5 aromatic rings. The van der Waals surface area contributed by atoms with Gasteiger partial charge in [0.1, 0.15) is 0 Å². The molecule has 0 aromatic heterocycles. The molecule has 0 bridgehead atoms. The summed E-state index contributed by atoms with van der Waals surface area (Å²) < 4.78 is 0. The standard InChI is InChI=1S/C42H26/c1-5-13-35(14-6-1)21-25-39(26-22-36-15-7-2-8-16-36)33-41-29-31-42(32-30-41)34-40(27-23-37-17-9-3-10-18-37)28-24-38-19-11-4-12-20-38/h1-20,29-34H. The van der Waals surface area contributed by atoms with Crippen LogP contribution in [-0.2, 0) is 0 Å². The first-order valence-corrected chi connectivity index (χ1v) is 13.6. The van der Waals surface area contributed by atoms with Gasteiger partial charge in [0.2, 0.25) is 0 Å². The average Bonchev–Trinajstić information content (AvgIpc) is 3.06. The summed E-state index contributed by atoms with van der Waals surface area (Å²) in [5.74, 6) is 26.0. The van der Waals surface area contributed by atoms with Gasteiger partial charge in [0.05, 0.1) is 11.1 Å². The third-order valence-corrected chi connectivity index (χ3v) is 6.02. The van der Waals surface area contributed by atoms with E-state index in [0.29, 0.717) is 0 Å². The lowest BCUT2D eigenvalue weighted by molar-refractivity contribution is 1.60. The van der Waals surface area contributed by atoms with Crippen LogP contribution < -0.4 is 0 Å². The highest BCUT2D eigenvalue weighted by atomic mass is 14.0. The lowest BCUT2D eigenvalue weighted by Crippen LogP contribution is -1.82. The molecular weight excluding hydrogens is 504 g/mol. The molecule has 0 nitrogen and oxygen atoms in total. The summed E-state index contributed by atoms with van der Waals surface area (Å²) in [6, 6.07) is 48.0. The van der Waals surface area contributed by atoms with Crippen molar-refractivity contribution in [2.75, 3.05) is 0 Å². The molecule has 0 heterocycles. The molecular formula is C42H26. The molecule has 0 heteroatoms. The first kappa shape index (κ1) is 27.4. The lowest BCUT2D eigenvalue weighted by Gasteiger charge is -1.98. The van der Waals surface area contributed by atoms with Crippen molar-refractivity contribution < 1.29 is 0 Å². The van der Waals surface area contributed by atoms with E-state index in [4.69, 9.17) is 0 Å². The van der Waals surface area contributed by atoms with Crippen LogP contribution in [0.2, 0.25) is 0 Å². The summed E-state index contributed by atoms with van der Waals surface area (Å²) >= 11 is 0. The van der Waals surface area contributed by atoms with E-state index in [1.807, 2.05) is 133 Å². The molecule has 0 unspecified atom stereocenters. The summed E-state index contributed by atoms with van der Waals surface area (Å²) in [4.78, 5) is 0. The Bertz CT molecular complexity index is 1660. The van der Waals surface area contributed by atoms with Crippen LogP contribution in [0.4, 0.5) is 0 Å². The highest BCUT2D eigenvalue weighted by molar-refractivity contribution is 5.70. The zero-order valence-electron chi connectivity index (χ0n) is 23.0. The van der Waals surface area contributed by atoms with E-state index in [0.717, 1.165) is 44.5 Å². The van der Waals surface area contributed by atoms with E-state index in [-0.39, 0.29) is 0 Å². The Morgan fingerprint density at radius 1 is 0.310 bits per heavy atom. The third kappa shape index (κ3) is 8.94. The summed E-state index contributed by atoms with van der Waals surface area (Å²) in [6.07, 6.45) is 4.04. The molecule has 5 rings (SSSR count). The SMILES string of the molecule is C(#Cc1ccccc1)C(C#Cc1ccccc1)=Cc1ccc(C=C(C#Cc2ccccc2)C#Cc2ccccc2)cc1. The Hall–Kier alpha value is -6.18. The predicted molar refractivity (Wildman–Crippen MR) is 176 cm³/mol. The second-order valence-corrected chi connectivity index (χ2v) is 9.25. The van der Waals surface area contributed by atoms with Gasteiger partial charge in [-0.3, -0.25) is 0 Å². The molecule has 0 aliphatic carbocycles. The van der Waals surface area contributed by atoms with Gasteiger partial charge in [0.25, 0.3) is 0 Å². The molecule has 42 heavy (non-hydrogen) atoms. The van der Waals surface area contributed by atoms with Gasteiger partial charge in [-0.25, -0.2) is 0 Å². The van der Waals surface area contributed by atoms with Crippen LogP contribution in [0.15, 0.2) is 157 Å². The molecule has 0 saturated carbocycles. The van der Waals surface area contributed by atoms with E-state index in [9.17, 15) is 0 Å². The van der Waals surface area contributed by atoms with Crippen molar-refractivity contribution >= 4 is 12.2 Å². The van der Waals surface area contributed by atoms with Crippen LogP contribution in [0.3, 0.4) is 0 Å². The minimum absolute atomic E-state index is 0.745. The van der Waals surface area contributed by atoms with Gasteiger partial charge in [0.15, 0.2) is 0 Å². The zero-order chi connectivity index (χ0) is 28.7. The second kappa shape index (κ2) is 14.8. The summed E-state index contributed by atoms with van der Waals surface area (Å²) in [7, 11) is 0. The predicted octanol–water partition coefficient (Wildman–Crippen LogP) is 8.66. The molecule has 0 aliphatic heterocycles. The van der Waals surface area contributed by atoms with Gasteiger partial charge in [-0.15, -0.1) is 0 Å². The largest absolute Gasteiger partial charge is 0.0757 e. The van der Waals surface area contributed by atoms with Crippen molar-refractivity contribution in [3.63, 3.8) is 0 Å². The van der Waals surface area contributed by atoms with E-state index in [1.54, 1.807) is 0 Å². The quantitative estimate of drug-likeness (QED) is 0.200. The fourth-order valence-corrected chi connectivity index (χ4v) is 3.87. The Labute approximate surface area is 249 Å². The smallest absolute Gasteiger partial charge is 0.0622 e. The Balaban J connectivity index is 1.45. The highest BCUT2D eigenvalue weighted by Gasteiger charge is 1.96. The van der Waals surface area contributed by atoms with Crippen molar-refractivity contribution in [1.82, 2.24) is 0 Å². The molecule has 0 radical (unpaired) electrons. The van der Waals surface area contributed by atoms with E-state index >= 15 is 0 Å². The second-order valence-electron chi connectivity index (χ2n) is 9.25. The monoisotopic (exact) mass is 530 g/mol. The number of rotatable bonds is 2. The number of hydrogen-bond acceptors (Lipinski definition) is 0. The van der Waals surface area contributed by atoms with Crippen molar-refractivity contribution in [1.29, 1.82) is 0 Å². The molecule has 0 saturated heterocycles. The molecule has 194 valence electrons.